The Morgan fingerprint density at radius 1 is 1.23 bits per heavy atom. The van der Waals surface area contributed by atoms with E-state index in [9.17, 15) is 4.39 Å². The van der Waals surface area contributed by atoms with E-state index in [1.807, 2.05) is 24.8 Å². The maximum Gasteiger partial charge on any atom is 0.146 e. The zero-order valence-corrected chi connectivity index (χ0v) is 12.9. The van der Waals surface area contributed by atoms with Gasteiger partial charge in [-0.2, -0.15) is 0 Å². The van der Waals surface area contributed by atoms with Crippen molar-refractivity contribution in [2.24, 2.45) is 0 Å². The van der Waals surface area contributed by atoms with Crippen LogP contribution in [0.3, 0.4) is 0 Å². The summed E-state index contributed by atoms with van der Waals surface area (Å²) in [6.07, 6.45) is 3.07. The first-order valence-electron chi connectivity index (χ1n) is 7.37. The minimum atomic E-state index is -0.224. The van der Waals surface area contributed by atoms with Crippen LogP contribution in [0.5, 0.6) is 0 Å². The molecule has 0 saturated heterocycles. The SMILES string of the molecule is CCN(CC)c1ccc(CNc2cncc(CO)n2)cc1F. The van der Waals surface area contributed by atoms with Crippen molar-refractivity contribution < 1.29 is 9.50 Å². The summed E-state index contributed by atoms with van der Waals surface area (Å²) >= 11 is 0. The van der Waals surface area contributed by atoms with E-state index < -0.39 is 0 Å². The van der Waals surface area contributed by atoms with Gasteiger partial charge in [-0.05, 0) is 31.5 Å². The molecule has 1 heterocycles. The van der Waals surface area contributed by atoms with Gasteiger partial charge in [0.2, 0.25) is 0 Å². The summed E-state index contributed by atoms with van der Waals surface area (Å²) in [4.78, 5) is 10.1. The number of hydrogen-bond donors (Lipinski definition) is 2. The normalized spacial score (nSPS) is 10.5. The van der Waals surface area contributed by atoms with Crippen LogP contribution in [-0.4, -0.2) is 28.2 Å². The monoisotopic (exact) mass is 304 g/mol. The van der Waals surface area contributed by atoms with E-state index in [-0.39, 0.29) is 12.4 Å². The number of hydrogen-bond acceptors (Lipinski definition) is 5. The van der Waals surface area contributed by atoms with Crippen LogP contribution < -0.4 is 10.2 Å². The van der Waals surface area contributed by atoms with E-state index in [1.54, 1.807) is 12.3 Å². The Morgan fingerprint density at radius 2 is 2.00 bits per heavy atom. The highest BCUT2D eigenvalue weighted by Crippen LogP contribution is 2.20. The topological polar surface area (TPSA) is 61.3 Å². The molecule has 0 spiro atoms. The van der Waals surface area contributed by atoms with Gasteiger partial charge in [-0.1, -0.05) is 6.07 Å². The number of nitrogens with one attached hydrogen (secondary N) is 1. The fourth-order valence-corrected chi connectivity index (χ4v) is 2.24. The van der Waals surface area contributed by atoms with E-state index in [0.717, 1.165) is 18.7 Å². The minimum absolute atomic E-state index is 0.157. The van der Waals surface area contributed by atoms with Crippen LogP contribution in [0.1, 0.15) is 25.1 Å². The lowest BCUT2D eigenvalue weighted by atomic mass is 10.1. The molecule has 0 atom stereocenters. The van der Waals surface area contributed by atoms with Gasteiger partial charge in [0.25, 0.3) is 0 Å². The molecule has 1 aromatic heterocycles. The highest BCUT2D eigenvalue weighted by atomic mass is 19.1. The Morgan fingerprint density at radius 3 is 2.64 bits per heavy atom. The molecular weight excluding hydrogens is 283 g/mol. The van der Waals surface area contributed by atoms with Crippen molar-refractivity contribution in [2.75, 3.05) is 23.3 Å². The number of anilines is 2. The zero-order valence-electron chi connectivity index (χ0n) is 12.9. The average molecular weight is 304 g/mol. The van der Waals surface area contributed by atoms with Gasteiger partial charge in [0.1, 0.15) is 11.6 Å². The number of aliphatic hydroxyl groups is 1. The number of halogens is 1. The summed E-state index contributed by atoms with van der Waals surface area (Å²) < 4.78 is 14.2. The molecule has 2 N–H and O–H groups in total. The van der Waals surface area contributed by atoms with Crippen LogP contribution in [0, 0.1) is 5.82 Å². The Balaban J connectivity index is 2.06. The van der Waals surface area contributed by atoms with Gasteiger partial charge < -0.3 is 15.3 Å². The summed E-state index contributed by atoms with van der Waals surface area (Å²) in [6, 6.07) is 5.23. The van der Waals surface area contributed by atoms with Crippen molar-refractivity contribution in [3.05, 3.63) is 47.7 Å². The Labute approximate surface area is 129 Å². The smallest absolute Gasteiger partial charge is 0.146 e. The van der Waals surface area contributed by atoms with Gasteiger partial charge in [0.05, 0.1) is 30.4 Å². The van der Waals surface area contributed by atoms with Gasteiger partial charge in [-0.15, -0.1) is 0 Å². The number of rotatable bonds is 7. The average Bonchev–Trinajstić information content (AvgIpc) is 2.56. The van der Waals surface area contributed by atoms with Crippen LogP contribution >= 0.6 is 0 Å². The van der Waals surface area contributed by atoms with Crippen LogP contribution in [0.15, 0.2) is 30.6 Å². The summed E-state index contributed by atoms with van der Waals surface area (Å²) in [5, 5.41) is 12.1. The summed E-state index contributed by atoms with van der Waals surface area (Å²) in [5.41, 5.74) is 1.94. The van der Waals surface area contributed by atoms with Gasteiger partial charge in [-0.3, -0.25) is 4.98 Å². The molecule has 5 nitrogen and oxygen atoms in total. The fourth-order valence-electron chi connectivity index (χ4n) is 2.24. The predicted molar refractivity (Wildman–Crippen MR) is 85.2 cm³/mol. The molecule has 0 unspecified atom stereocenters. The molecule has 0 fully saturated rings. The summed E-state index contributed by atoms with van der Waals surface area (Å²) in [6.45, 7) is 5.84. The molecular formula is C16H21FN4O. The molecule has 0 aliphatic rings. The third kappa shape index (κ3) is 3.92. The van der Waals surface area contributed by atoms with E-state index >= 15 is 0 Å². The Hall–Kier alpha value is -2.21. The van der Waals surface area contributed by atoms with Crippen molar-refractivity contribution in [1.29, 1.82) is 0 Å². The first-order valence-corrected chi connectivity index (χ1v) is 7.37. The largest absolute Gasteiger partial charge is 0.390 e. The molecule has 0 bridgehead atoms. The van der Waals surface area contributed by atoms with Crippen molar-refractivity contribution in [1.82, 2.24) is 9.97 Å². The molecule has 0 aliphatic carbocycles. The second-order valence-electron chi connectivity index (χ2n) is 4.87. The first-order chi connectivity index (χ1) is 10.7. The standard InChI is InChI=1S/C16H21FN4O/c1-3-21(4-2)15-6-5-12(7-14(15)17)8-19-16-10-18-9-13(11-22)20-16/h5-7,9-10,22H,3-4,8,11H2,1-2H3,(H,19,20). The molecule has 0 saturated carbocycles. The Bertz CT molecular complexity index is 617. The molecule has 0 radical (unpaired) electrons. The molecule has 0 aliphatic heterocycles. The zero-order chi connectivity index (χ0) is 15.9. The van der Waals surface area contributed by atoms with E-state index in [0.29, 0.717) is 23.7 Å². The minimum Gasteiger partial charge on any atom is -0.390 e. The van der Waals surface area contributed by atoms with Crippen LogP contribution in [0.2, 0.25) is 0 Å². The maximum atomic E-state index is 14.2. The van der Waals surface area contributed by atoms with Crippen molar-refractivity contribution in [3.8, 4) is 0 Å². The third-order valence-electron chi connectivity index (χ3n) is 3.44. The number of aliphatic hydroxyl groups excluding tert-OH is 1. The lowest BCUT2D eigenvalue weighted by molar-refractivity contribution is 0.276. The van der Waals surface area contributed by atoms with Gasteiger partial charge >= 0.3 is 0 Å². The highest BCUT2D eigenvalue weighted by Gasteiger charge is 2.09. The number of aromatic nitrogens is 2. The summed E-state index contributed by atoms with van der Waals surface area (Å²) in [7, 11) is 0. The first kappa shape index (κ1) is 16.2. The van der Waals surface area contributed by atoms with E-state index in [4.69, 9.17) is 5.11 Å². The van der Waals surface area contributed by atoms with Crippen molar-refractivity contribution >= 4 is 11.5 Å². The quantitative estimate of drug-likeness (QED) is 0.823. The van der Waals surface area contributed by atoms with Gasteiger partial charge in [-0.25, -0.2) is 9.37 Å². The lowest BCUT2D eigenvalue weighted by Gasteiger charge is -2.22. The van der Waals surface area contributed by atoms with Crippen LogP contribution in [-0.2, 0) is 13.2 Å². The molecule has 0 amide bonds. The van der Waals surface area contributed by atoms with Crippen molar-refractivity contribution in [3.63, 3.8) is 0 Å². The second kappa shape index (κ2) is 7.70. The number of benzene rings is 1. The maximum absolute atomic E-state index is 14.2. The summed E-state index contributed by atoms with van der Waals surface area (Å²) in [5.74, 6) is 0.331. The van der Waals surface area contributed by atoms with Crippen molar-refractivity contribution in [2.45, 2.75) is 27.0 Å². The highest BCUT2D eigenvalue weighted by molar-refractivity contribution is 5.49. The molecule has 1 aromatic carbocycles. The molecule has 22 heavy (non-hydrogen) atoms. The second-order valence-corrected chi connectivity index (χ2v) is 4.87. The van der Waals surface area contributed by atoms with Gasteiger partial charge in [0, 0.05) is 19.6 Å². The number of nitrogens with zero attached hydrogens (tertiary/aromatic N) is 3. The Kier molecular flexibility index (Phi) is 5.66. The predicted octanol–water partition coefficient (Wildman–Crippen LogP) is 2.57. The van der Waals surface area contributed by atoms with Gasteiger partial charge in [0.15, 0.2) is 0 Å². The lowest BCUT2D eigenvalue weighted by Crippen LogP contribution is -2.23. The molecule has 6 heteroatoms. The molecule has 118 valence electrons. The van der Waals surface area contributed by atoms with E-state index in [1.165, 1.54) is 12.3 Å². The fraction of sp³-hybridized carbons (Fsp3) is 0.375. The van der Waals surface area contributed by atoms with Crippen LogP contribution in [0.25, 0.3) is 0 Å². The molecule has 2 aromatic rings. The third-order valence-corrected chi connectivity index (χ3v) is 3.44. The molecule has 2 rings (SSSR count). The van der Waals surface area contributed by atoms with Crippen LogP contribution in [0.4, 0.5) is 15.9 Å². The van der Waals surface area contributed by atoms with E-state index in [2.05, 4.69) is 15.3 Å².